The first-order valence-corrected chi connectivity index (χ1v) is 7.19. The molecule has 0 saturated carbocycles. The zero-order valence-corrected chi connectivity index (χ0v) is 12.2. The van der Waals surface area contributed by atoms with Crippen molar-refractivity contribution in [3.8, 4) is 16.5 Å². The van der Waals surface area contributed by atoms with Crippen LogP contribution in [0.25, 0.3) is 22.6 Å². The Balaban J connectivity index is 1.84. The third kappa shape index (κ3) is 2.91. The van der Waals surface area contributed by atoms with Gasteiger partial charge in [-0.05, 0) is 29.8 Å². The summed E-state index contributed by atoms with van der Waals surface area (Å²) in [5, 5.41) is 13.2. The lowest BCUT2D eigenvalue weighted by molar-refractivity contribution is 0.768. The third-order valence-electron chi connectivity index (χ3n) is 3.02. The lowest BCUT2D eigenvalue weighted by atomic mass is 10.1. The molecule has 0 N–H and O–H groups in total. The Morgan fingerprint density at radius 1 is 1.24 bits per heavy atom. The van der Waals surface area contributed by atoms with Crippen LogP contribution in [0.2, 0.25) is 0 Å². The molecule has 0 saturated heterocycles. The van der Waals surface area contributed by atoms with E-state index in [0.717, 1.165) is 16.0 Å². The summed E-state index contributed by atoms with van der Waals surface area (Å²) in [6, 6.07) is 8.13. The summed E-state index contributed by atoms with van der Waals surface area (Å²) in [5.41, 5.74) is 2.57. The van der Waals surface area contributed by atoms with E-state index in [0.29, 0.717) is 5.56 Å². The molecule has 3 aromatic heterocycles. The van der Waals surface area contributed by atoms with Crippen LogP contribution in [0.3, 0.4) is 0 Å². The van der Waals surface area contributed by atoms with Gasteiger partial charge in [0.25, 0.3) is 0 Å². The lowest BCUT2D eigenvalue weighted by Crippen LogP contribution is -1.83. The Morgan fingerprint density at radius 3 is 2.90 bits per heavy atom. The van der Waals surface area contributed by atoms with Gasteiger partial charge >= 0.3 is 0 Å². The van der Waals surface area contributed by atoms with Crippen LogP contribution in [0.15, 0.2) is 43.0 Å². The minimum absolute atomic E-state index is 0.581. The van der Waals surface area contributed by atoms with E-state index in [2.05, 4.69) is 28.3 Å². The first kappa shape index (κ1) is 13.3. The Bertz CT molecular complexity index is 836. The molecule has 3 heterocycles. The van der Waals surface area contributed by atoms with E-state index < -0.39 is 0 Å². The van der Waals surface area contributed by atoms with Crippen LogP contribution in [-0.4, -0.2) is 14.8 Å². The van der Waals surface area contributed by atoms with Crippen LogP contribution in [0, 0.1) is 11.3 Å². The number of pyridine rings is 1. The van der Waals surface area contributed by atoms with E-state index in [9.17, 15) is 0 Å². The maximum absolute atomic E-state index is 9.04. The van der Waals surface area contributed by atoms with Crippen molar-refractivity contribution in [3.05, 3.63) is 59.0 Å². The second-order valence-electron chi connectivity index (χ2n) is 4.51. The zero-order valence-electron chi connectivity index (χ0n) is 11.4. The molecule has 102 valence electrons. The third-order valence-corrected chi connectivity index (χ3v) is 4.12. The summed E-state index contributed by atoms with van der Waals surface area (Å²) < 4.78 is 1.79. The van der Waals surface area contributed by atoms with Crippen molar-refractivity contribution in [2.24, 2.45) is 7.05 Å². The summed E-state index contributed by atoms with van der Waals surface area (Å²) in [5.74, 6) is 0. The van der Waals surface area contributed by atoms with Gasteiger partial charge in [-0.1, -0.05) is 6.08 Å². The highest BCUT2D eigenvalue weighted by atomic mass is 32.1. The fraction of sp³-hybridized carbons (Fsp3) is 0.0625. The molecule has 0 aliphatic rings. The molecule has 0 atom stereocenters. The molecule has 0 bridgehead atoms. The van der Waals surface area contributed by atoms with E-state index in [1.165, 1.54) is 4.88 Å². The van der Waals surface area contributed by atoms with Gasteiger partial charge in [-0.15, -0.1) is 11.3 Å². The number of aromatic nitrogens is 3. The highest BCUT2D eigenvalue weighted by Gasteiger charge is 2.03. The van der Waals surface area contributed by atoms with Crippen molar-refractivity contribution < 1.29 is 0 Å². The summed E-state index contributed by atoms with van der Waals surface area (Å²) in [6.07, 6.45) is 11.1. The molecular formula is C16H12N4S. The van der Waals surface area contributed by atoms with Crippen molar-refractivity contribution in [2.75, 3.05) is 0 Å². The fourth-order valence-electron chi connectivity index (χ4n) is 1.96. The second kappa shape index (κ2) is 5.73. The first-order valence-electron chi connectivity index (χ1n) is 6.37. The van der Waals surface area contributed by atoms with Gasteiger partial charge in [-0.3, -0.25) is 9.67 Å². The molecule has 0 aliphatic heterocycles. The summed E-state index contributed by atoms with van der Waals surface area (Å²) in [4.78, 5) is 6.27. The average molecular weight is 292 g/mol. The minimum atomic E-state index is 0.581. The molecule has 0 fully saturated rings. The minimum Gasteiger partial charge on any atom is -0.275 e. The summed E-state index contributed by atoms with van der Waals surface area (Å²) >= 11 is 1.69. The molecule has 0 aliphatic carbocycles. The largest absolute Gasteiger partial charge is 0.275 e. The van der Waals surface area contributed by atoms with Crippen molar-refractivity contribution in [1.29, 1.82) is 5.26 Å². The van der Waals surface area contributed by atoms with Gasteiger partial charge in [0.2, 0.25) is 0 Å². The van der Waals surface area contributed by atoms with Gasteiger partial charge in [0.15, 0.2) is 0 Å². The molecule has 5 heteroatoms. The van der Waals surface area contributed by atoms with Crippen molar-refractivity contribution in [3.63, 3.8) is 0 Å². The second-order valence-corrected chi connectivity index (χ2v) is 5.63. The maximum atomic E-state index is 9.04. The van der Waals surface area contributed by atoms with Crippen molar-refractivity contribution in [2.45, 2.75) is 0 Å². The Kier molecular flexibility index (Phi) is 3.63. The number of hydrogen-bond donors (Lipinski definition) is 0. The zero-order chi connectivity index (χ0) is 14.7. The molecule has 3 rings (SSSR count). The average Bonchev–Trinajstić information content (AvgIpc) is 3.14. The van der Waals surface area contributed by atoms with Gasteiger partial charge < -0.3 is 0 Å². The first-order chi connectivity index (χ1) is 10.3. The van der Waals surface area contributed by atoms with Crippen molar-refractivity contribution >= 4 is 23.5 Å². The molecule has 0 unspecified atom stereocenters. The van der Waals surface area contributed by atoms with Crippen LogP contribution >= 0.6 is 11.3 Å². The molecule has 3 aromatic rings. The van der Waals surface area contributed by atoms with Crippen LogP contribution in [0.1, 0.15) is 16.0 Å². The monoisotopic (exact) mass is 292 g/mol. The quantitative estimate of drug-likeness (QED) is 0.741. The van der Waals surface area contributed by atoms with Crippen molar-refractivity contribution in [1.82, 2.24) is 14.8 Å². The Hall–Kier alpha value is -2.71. The van der Waals surface area contributed by atoms with E-state index in [1.54, 1.807) is 28.4 Å². The SMILES string of the molecule is Cn1cc(-c2ccc(C=Cc3ccncc3C#N)s2)cn1. The van der Waals surface area contributed by atoms with Crippen LogP contribution in [0.4, 0.5) is 0 Å². The number of nitrogens with zero attached hydrogens (tertiary/aromatic N) is 4. The topological polar surface area (TPSA) is 54.5 Å². The predicted octanol–water partition coefficient (Wildman–Crippen LogP) is 3.59. The molecule has 21 heavy (non-hydrogen) atoms. The molecule has 4 nitrogen and oxygen atoms in total. The summed E-state index contributed by atoms with van der Waals surface area (Å²) in [6.45, 7) is 0. The number of nitriles is 1. The van der Waals surface area contributed by atoms with Gasteiger partial charge in [-0.2, -0.15) is 10.4 Å². The molecule has 0 aromatic carbocycles. The van der Waals surface area contributed by atoms with E-state index in [1.807, 2.05) is 37.7 Å². The number of thiophene rings is 1. The van der Waals surface area contributed by atoms with Gasteiger partial charge in [0.1, 0.15) is 6.07 Å². The van der Waals surface area contributed by atoms with Gasteiger partial charge in [-0.25, -0.2) is 0 Å². The number of rotatable bonds is 3. The lowest BCUT2D eigenvalue weighted by Gasteiger charge is -1.94. The summed E-state index contributed by atoms with van der Waals surface area (Å²) in [7, 11) is 1.91. The van der Waals surface area contributed by atoms with E-state index in [4.69, 9.17) is 5.26 Å². The highest BCUT2D eigenvalue weighted by molar-refractivity contribution is 7.16. The van der Waals surface area contributed by atoms with Gasteiger partial charge in [0, 0.05) is 41.0 Å². The normalized spacial score (nSPS) is 10.9. The molecule has 0 radical (unpaired) electrons. The smallest absolute Gasteiger partial charge is 0.101 e. The maximum Gasteiger partial charge on any atom is 0.101 e. The van der Waals surface area contributed by atoms with Crippen LogP contribution in [-0.2, 0) is 7.05 Å². The fourth-order valence-corrected chi connectivity index (χ4v) is 2.85. The van der Waals surface area contributed by atoms with Crippen LogP contribution in [0.5, 0.6) is 0 Å². The standard InChI is InChI=1S/C16H12N4S/c1-20-11-14(10-19-20)16-5-4-15(21-16)3-2-12-6-7-18-9-13(12)8-17/h2-7,9-11H,1H3. The van der Waals surface area contributed by atoms with E-state index >= 15 is 0 Å². The molecule has 0 spiro atoms. The molecule has 0 amide bonds. The predicted molar refractivity (Wildman–Crippen MR) is 84.4 cm³/mol. The number of hydrogen-bond acceptors (Lipinski definition) is 4. The molecular weight excluding hydrogens is 280 g/mol. The highest BCUT2D eigenvalue weighted by Crippen LogP contribution is 2.28. The number of aryl methyl sites for hydroxylation is 1. The van der Waals surface area contributed by atoms with Crippen LogP contribution < -0.4 is 0 Å². The Morgan fingerprint density at radius 2 is 2.14 bits per heavy atom. The van der Waals surface area contributed by atoms with Gasteiger partial charge in [0.05, 0.1) is 11.8 Å². The Labute approximate surface area is 126 Å². The van der Waals surface area contributed by atoms with E-state index in [-0.39, 0.29) is 0 Å².